The first-order valence-corrected chi connectivity index (χ1v) is 23.7. The predicted molar refractivity (Wildman–Crippen MR) is 293 cm³/mol. The number of benzene rings is 11. The number of hydrogen-bond acceptors (Lipinski definition) is 4. The molecule has 0 aliphatic heterocycles. The number of aryl methyl sites for hydroxylation is 1. The van der Waals surface area contributed by atoms with Crippen LogP contribution >= 0.6 is 0 Å². The van der Waals surface area contributed by atoms with Gasteiger partial charge < -0.3 is 19.6 Å². The SMILES string of the molecule is Cc1ccc2c(CN(c3ccccc3)c3ccc(N(c4ccccc4)c4ccccc4)cc3)c3ccccc3c(CN(c3ccccc3)c3ccc(N(c4ccccc4)c4ccccc4)cc3)c2c1. The van der Waals surface area contributed by atoms with Crippen LogP contribution in [-0.4, -0.2) is 0 Å². The van der Waals surface area contributed by atoms with E-state index in [0.717, 1.165) is 56.9 Å². The predicted octanol–water partition coefficient (Wildman–Crippen LogP) is 17.9. The third-order valence-electron chi connectivity index (χ3n) is 13.1. The molecule has 0 spiro atoms. The summed E-state index contributed by atoms with van der Waals surface area (Å²) in [5, 5.41) is 5.04. The maximum Gasteiger partial charge on any atom is 0.0494 e. The van der Waals surface area contributed by atoms with Crippen LogP contribution in [0.15, 0.2) is 273 Å². The van der Waals surface area contributed by atoms with Gasteiger partial charge in [0.05, 0.1) is 0 Å². The Morgan fingerprint density at radius 2 is 0.478 bits per heavy atom. The average Bonchev–Trinajstić information content (AvgIpc) is 3.42. The van der Waals surface area contributed by atoms with E-state index < -0.39 is 0 Å². The maximum atomic E-state index is 2.47. The number of nitrogens with zero attached hydrogens (tertiary/aromatic N) is 4. The van der Waals surface area contributed by atoms with Crippen LogP contribution in [0.5, 0.6) is 0 Å². The molecular formula is C65H52N4. The summed E-state index contributed by atoms with van der Waals surface area (Å²) < 4.78 is 0. The molecule has 0 aliphatic rings. The van der Waals surface area contributed by atoms with Crippen molar-refractivity contribution in [3.63, 3.8) is 0 Å². The van der Waals surface area contributed by atoms with Crippen LogP contribution < -0.4 is 19.6 Å². The van der Waals surface area contributed by atoms with E-state index in [9.17, 15) is 0 Å². The number of anilines is 10. The summed E-state index contributed by atoms with van der Waals surface area (Å²) in [7, 11) is 0. The summed E-state index contributed by atoms with van der Waals surface area (Å²) in [5.74, 6) is 0. The summed E-state index contributed by atoms with van der Waals surface area (Å²) in [5.41, 5.74) is 15.0. The van der Waals surface area contributed by atoms with Gasteiger partial charge in [-0.3, -0.25) is 0 Å². The molecule has 0 atom stereocenters. The molecule has 0 heterocycles. The van der Waals surface area contributed by atoms with Crippen LogP contribution in [-0.2, 0) is 13.1 Å². The van der Waals surface area contributed by atoms with Crippen LogP contribution in [0, 0.1) is 6.92 Å². The molecule has 0 unspecified atom stereocenters. The molecule has 0 amide bonds. The van der Waals surface area contributed by atoms with Crippen LogP contribution in [0.3, 0.4) is 0 Å². The first kappa shape index (κ1) is 42.8. The Labute approximate surface area is 405 Å². The van der Waals surface area contributed by atoms with Crippen LogP contribution in [0.25, 0.3) is 21.5 Å². The first-order valence-electron chi connectivity index (χ1n) is 23.7. The third-order valence-corrected chi connectivity index (χ3v) is 13.1. The highest BCUT2D eigenvalue weighted by Crippen LogP contribution is 2.42. The van der Waals surface area contributed by atoms with E-state index >= 15 is 0 Å². The van der Waals surface area contributed by atoms with E-state index in [0.29, 0.717) is 13.1 Å². The van der Waals surface area contributed by atoms with Crippen molar-refractivity contribution < 1.29 is 0 Å². The number of rotatable bonds is 14. The lowest BCUT2D eigenvalue weighted by atomic mass is 9.90. The lowest BCUT2D eigenvalue weighted by Crippen LogP contribution is -2.19. The van der Waals surface area contributed by atoms with Crippen molar-refractivity contribution in [1.82, 2.24) is 0 Å². The Kier molecular flexibility index (Phi) is 12.1. The van der Waals surface area contributed by atoms with Crippen LogP contribution in [0.1, 0.15) is 16.7 Å². The molecule has 0 N–H and O–H groups in total. The highest BCUT2D eigenvalue weighted by Gasteiger charge is 2.22. The van der Waals surface area contributed by atoms with Gasteiger partial charge >= 0.3 is 0 Å². The van der Waals surface area contributed by atoms with Crippen LogP contribution in [0.2, 0.25) is 0 Å². The Morgan fingerprint density at radius 1 is 0.232 bits per heavy atom. The molecule has 11 rings (SSSR count). The Hall–Kier alpha value is -8.86. The molecular weight excluding hydrogens is 837 g/mol. The van der Waals surface area contributed by atoms with Crippen molar-refractivity contribution in [2.24, 2.45) is 0 Å². The van der Waals surface area contributed by atoms with Gasteiger partial charge in [0.2, 0.25) is 0 Å². The number of para-hydroxylation sites is 6. The molecule has 0 aromatic heterocycles. The highest BCUT2D eigenvalue weighted by atomic mass is 15.2. The maximum absolute atomic E-state index is 2.47. The van der Waals surface area contributed by atoms with Crippen molar-refractivity contribution in [3.8, 4) is 0 Å². The summed E-state index contributed by atoms with van der Waals surface area (Å²) in [6.07, 6.45) is 0. The van der Waals surface area contributed by atoms with Crippen molar-refractivity contribution in [2.45, 2.75) is 20.0 Å². The van der Waals surface area contributed by atoms with Crippen molar-refractivity contribution in [3.05, 3.63) is 290 Å². The topological polar surface area (TPSA) is 13.0 Å². The number of hydrogen-bond donors (Lipinski definition) is 0. The molecule has 0 saturated heterocycles. The Bertz CT molecular complexity index is 3340. The fourth-order valence-electron chi connectivity index (χ4n) is 9.77. The smallest absolute Gasteiger partial charge is 0.0494 e. The molecule has 4 heteroatoms. The Balaban J connectivity index is 1.00. The molecule has 69 heavy (non-hydrogen) atoms. The zero-order chi connectivity index (χ0) is 46.4. The minimum absolute atomic E-state index is 0.675. The van der Waals surface area contributed by atoms with Gasteiger partial charge in [-0.25, -0.2) is 0 Å². The molecule has 0 aliphatic carbocycles. The minimum Gasteiger partial charge on any atom is -0.337 e. The van der Waals surface area contributed by atoms with E-state index in [4.69, 9.17) is 0 Å². The van der Waals surface area contributed by atoms with Crippen LogP contribution in [0.4, 0.5) is 56.9 Å². The van der Waals surface area contributed by atoms with Gasteiger partial charge in [-0.1, -0.05) is 157 Å². The molecule has 11 aromatic rings. The van der Waals surface area contributed by atoms with Crippen molar-refractivity contribution in [2.75, 3.05) is 19.6 Å². The summed E-state index contributed by atoms with van der Waals surface area (Å²) in [6.45, 7) is 3.56. The molecule has 11 aromatic carbocycles. The molecule has 0 saturated carbocycles. The monoisotopic (exact) mass is 888 g/mol. The van der Waals surface area contributed by atoms with Gasteiger partial charge in [0, 0.05) is 70.0 Å². The lowest BCUT2D eigenvalue weighted by molar-refractivity contribution is 0.981. The molecule has 4 nitrogen and oxygen atoms in total. The second-order valence-electron chi connectivity index (χ2n) is 17.4. The standard InChI is InChI=1S/C65H52N4/c1-49-36-45-62-63(46-49)65(48-67(51-24-10-3-11-25-51)53-39-43-59(44-40-53)69(56-30-16-6-17-31-56)57-32-18-7-19-33-57)61-35-21-20-34-60(61)64(62)47-66(50-22-8-2-9-23-50)52-37-41-58(42-38-52)68(54-26-12-4-13-27-54)55-28-14-5-15-29-55/h2-46H,47-48H2,1H3. The molecule has 332 valence electrons. The van der Waals surface area contributed by atoms with Crippen molar-refractivity contribution in [1.29, 1.82) is 0 Å². The summed E-state index contributed by atoms with van der Waals surface area (Å²) in [6, 6.07) is 98.2. The van der Waals surface area contributed by atoms with Gasteiger partial charge in [-0.05, 0) is 161 Å². The zero-order valence-corrected chi connectivity index (χ0v) is 38.7. The number of fused-ring (bicyclic) bond motifs is 2. The van der Waals surface area contributed by atoms with E-state index in [2.05, 4.69) is 300 Å². The normalized spacial score (nSPS) is 11.1. The highest BCUT2D eigenvalue weighted by molar-refractivity contribution is 6.07. The van der Waals surface area contributed by atoms with E-state index in [-0.39, 0.29) is 0 Å². The summed E-state index contributed by atoms with van der Waals surface area (Å²) >= 11 is 0. The second kappa shape index (κ2) is 19.5. The quantitative estimate of drug-likeness (QED) is 0.101. The largest absolute Gasteiger partial charge is 0.337 e. The lowest BCUT2D eigenvalue weighted by Gasteiger charge is -2.31. The van der Waals surface area contributed by atoms with Gasteiger partial charge in [-0.15, -0.1) is 0 Å². The van der Waals surface area contributed by atoms with Crippen molar-refractivity contribution >= 4 is 78.4 Å². The first-order chi connectivity index (χ1) is 34.2. The second-order valence-corrected chi connectivity index (χ2v) is 17.4. The van der Waals surface area contributed by atoms with E-state index in [1.54, 1.807) is 0 Å². The fraction of sp³-hybridized carbons (Fsp3) is 0.0462. The van der Waals surface area contributed by atoms with E-state index in [1.807, 2.05) is 0 Å². The zero-order valence-electron chi connectivity index (χ0n) is 38.7. The van der Waals surface area contributed by atoms with Gasteiger partial charge in [0.25, 0.3) is 0 Å². The molecule has 0 radical (unpaired) electrons. The fourth-order valence-corrected chi connectivity index (χ4v) is 9.77. The average molecular weight is 889 g/mol. The summed E-state index contributed by atoms with van der Waals surface area (Å²) in [4.78, 5) is 9.56. The molecule has 0 bridgehead atoms. The third kappa shape index (κ3) is 8.92. The van der Waals surface area contributed by atoms with Gasteiger partial charge in [0.1, 0.15) is 0 Å². The molecule has 0 fully saturated rings. The Morgan fingerprint density at radius 3 is 0.826 bits per heavy atom. The van der Waals surface area contributed by atoms with E-state index in [1.165, 1.54) is 38.2 Å². The minimum atomic E-state index is 0.675. The van der Waals surface area contributed by atoms with Gasteiger partial charge in [-0.2, -0.15) is 0 Å². The van der Waals surface area contributed by atoms with Gasteiger partial charge in [0.15, 0.2) is 0 Å².